The monoisotopic (exact) mass is 183 g/mol. The van der Waals surface area contributed by atoms with Crippen molar-refractivity contribution in [1.29, 1.82) is 0 Å². The van der Waals surface area contributed by atoms with Gasteiger partial charge in [0.15, 0.2) is 5.37 Å². The van der Waals surface area contributed by atoms with Crippen LogP contribution in [-0.4, -0.2) is 16.4 Å². The molecule has 0 saturated carbocycles. The third-order valence-corrected chi connectivity index (χ3v) is 1.66. The van der Waals surface area contributed by atoms with Crippen LogP contribution >= 0.6 is 12.6 Å². The number of carboxylic acids is 1. The molecule has 2 N–H and O–H groups in total. The van der Waals surface area contributed by atoms with Gasteiger partial charge >= 0.3 is 5.97 Å². The Kier molecular flexibility index (Phi) is 2.99. The Morgan fingerprint density at radius 2 is 2.00 bits per heavy atom. The van der Waals surface area contributed by atoms with E-state index < -0.39 is 11.3 Å². The minimum absolute atomic E-state index is 0.750. The summed E-state index contributed by atoms with van der Waals surface area (Å²) in [5.41, 5.74) is 0.750. The van der Waals surface area contributed by atoms with Crippen molar-refractivity contribution in [2.24, 2.45) is 0 Å². The lowest BCUT2D eigenvalue weighted by atomic mass is 10.3. The number of hydrogen-bond donors (Lipinski definition) is 3. The highest BCUT2D eigenvalue weighted by Gasteiger charge is 2.09. The van der Waals surface area contributed by atoms with Crippen LogP contribution in [0.5, 0.6) is 0 Å². The number of thiol groups is 1. The molecule has 3 nitrogen and oxygen atoms in total. The summed E-state index contributed by atoms with van der Waals surface area (Å²) in [6.45, 7) is 0. The molecule has 0 aliphatic rings. The van der Waals surface area contributed by atoms with Gasteiger partial charge in [-0.15, -0.1) is 12.6 Å². The van der Waals surface area contributed by atoms with Gasteiger partial charge in [0.1, 0.15) is 0 Å². The molecule has 0 aromatic heterocycles. The van der Waals surface area contributed by atoms with E-state index in [1.165, 1.54) is 0 Å². The molecule has 0 aliphatic heterocycles. The molecule has 4 heteroatoms. The normalized spacial score (nSPS) is 12.1. The van der Waals surface area contributed by atoms with Gasteiger partial charge in [-0.25, -0.2) is 4.79 Å². The van der Waals surface area contributed by atoms with Crippen molar-refractivity contribution < 1.29 is 9.90 Å². The number of benzene rings is 1. The molecule has 0 radical (unpaired) electrons. The standard InChI is InChI=1S/C8H9NO2S/c10-8(11)7(12)9-6-4-2-1-3-5-6/h1-5,7,9,12H,(H,10,11). The van der Waals surface area contributed by atoms with E-state index in [1.54, 1.807) is 12.1 Å². The summed E-state index contributed by atoms with van der Waals surface area (Å²) in [4.78, 5) is 10.4. The Morgan fingerprint density at radius 3 is 2.50 bits per heavy atom. The fraction of sp³-hybridized carbons (Fsp3) is 0.125. The minimum atomic E-state index is -0.984. The van der Waals surface area contributed by atoms with Crippen LogP contribution in [0.4, 0.5) is 5.69 Å². The molecule has 0 saturated heterocycles. The molecule has 1 aromatic carbocycles. The van der Waals surface area contributed by atoms with Crippen molar-refractivity contribution in [3.63, 3.8) is 0 Å². The summed E-state index contributed by atoms with van der Waals surface area (Å²) >= 11 is 3.83. The van der Waals surface area contributed by atoms with E-state index >= 15 is 0 Å². The molecule has 1 aromatic rings. The molecule has 12 heavy (non-hydrogen) atoms. The molecule has 64 valence electrons. The number of hydrogen-bond acceptors (Lipinski definition) is 3. The molecule has 0 spiro atoms. The molecule has 0 bridgehead atoms. The van der Waals surface area contributed by atoms with Crippen molar-refractivity contribution >= 4 is 24.3 Å². The van der Waals surface area contributed by atoms with Gasteiger partial charge in [0.25, 0.3) is 0 Å². The van der Waals surface area contributed by atoms with Crippen molar-refractivity contribution in [2.75, 3.05) is 5.32 Å². The number of rotatable bonds is 3. The van der Waals surface area contributed by atoms with Gasteiger partial charge in [0.05, 0.1) is 0 Å². The molecule has 1 rings (SSSR count). The maximum atomic E-state index is 10.4. The van der Waals surface area contributed by atoms with Crippen LogP contribution in [0.15, 0.2) is 30.3 Å². The zero-order valence-electron chi connectivity index (χ0n) is 6.27. The Balaban J connectivity index is 2.58. The van der Waals surface area contributed by atoms with Crippen LogP contribution in [0.25, 0.3) is 0 Å². The zero-order valence-corrected chi connectivity index (χ0v) is 7.16. The van der Waals surface area contributed by atoms with Crippen LogP contribution in [0.3, 0.4) is 0 Å². The average Bonchev–Trinajstić information content (AvgIpc) is 2.06. The van der Waals surface area contributed by atoms with Crippen LogP contribution in [0, 0.1) is 0 Å². The molecule has 1 atom stereocenters. The van der Waals surface area contributed by atoms with Crippen LogP contribution < -0.4 is 5.32 Å². The number of para-hydroxylation sites is 1. The van der Waals surface area contributed by atoms with Gasteiger partial charge in [0.2, 0.25) is 0 Å². The Bertz CT molecular complexity index is 263. The fourth-order valence-electron chi connectivity index (χ4n) is 0.754. The third-order valence-electron chi connectivity index (χ3n) is 1.31. The van der Waals surface area contributed by atoms with E-state index in [0.29, 0.717) is 0 Å². The Morgan fingerprint density at radius 1 is 1.42 bits per heavy atom. The summed E-state index contributed by atoms with van der Waals surface area (Å²) in [6.07, 6.45) is 0. The number of carboxylic acid groups (broad SMARTS) is 1. The molecule has 1 unspecified atom stereocenters. The third kappa shape index (κ3) is 2.47. The quantitative estimate of drug-likeness (QED) is 0.491. The smallest absolute Gasteiger partial charge is 0.336 e. The van der Waals surface area contributed by atoms with Crippen molar-refractivity contribution in [3.8, 4) is 0 Å². The fourth-order valence-corrected chi connectivity index (χ4v) is 0.903. The molecular formula is C8H9NO2S. The van der Waals surface area contributed by atoms with E-state index in [4.69, 9.17) is 5.11 Å². The first-order valence-corrected chi connectivity index (χ1v) is 3.94. The first kappa shape index (κ1) is 8.93. The van der Waals surface area contributed by atoms with E-state index in [2.05, 4.69) is 17.9 Å². The van der Waals surface area contributed by atoms with Crippen molar-refractivity contribution in [3.05, 3.63) is 30.3 Å². The maximum absolute atomic E-state index is 10.4. The second-order valence-corrected chi connectivity index (χ2v) is 2.77. The zero-order chi connectivity index (χ0) is 8.97. The second kappa shape index (κ2) is 4.01. The van der Waals surface area contributed by atoms with Gasteiger partial charge < -0.3 is 10.4 Å². The molecule has 0 heterocycles. The van der Waals surface area contributed by atoms with E-state index in [9.17, 15) is 4.79 Å². The number of anilines is 1. The summed E-state index contributed by atoms with van der Waals surface area (Å²) in [5, 5.41) is 10.4. The minimum Gasteiger partial charge on any atom is -0.479 e. The number of nitrogens with one attached hydrogen (secondary N) is 1. The topological polar surface area (TPSA) is 49.3 Å². The average molecular weight is 183 g/mol. The molecular weight excluding hydrogens is 174 g/mol. The first-order valence-electron chi connectivity index (χ1n) is 3.42. The summed E-state index contributed by atoms with van der Waals surface area (Å²) in [7, 11) is 0. The lowest BCUT2D eigenvalue weighted by Gasteiger charge is -2.08. The molecule has 0 aliphatic carbocycles. The maximum Gasteiger partial charge on any atom is 0.336 e. The lowest BCUT2D eigenvalue weighted by molar-refractivity contribution is -0.135. The largest absolute Gasteiger partial charge is 0.479 e. The van der Waals surface area contributed by atoms with E-state index in [1.807, 2.05) is 18.2 Å². The SMILES string of the molecule is O=C(O)C(S)Nc1ccccc1. The molecule has 0 amide bonds. The number of aliphatic carboxylic acids is 1. The predicted molar refractivity (Wildman–Crippen MR) is 50.5 cm³/mol. The lowest BCUT2D eigenvalue weighted by Crippen LogP contribution is -2.22. The first-order chi connectivity index (χ1) is 5.70. The van der Waals surface area contributed by atoms with Crippen molar-refractivity contribution in [2.45, 2.75) is 5.37 Å². The summed E-state index contributed by atoms with van der Waals surface area (Å²) in [6, 6.07) is 9.08. The van der Waals surface area contributed by atoms with Crippen LogP contribution in [0.1, 0.15) is 0 Å². The van der Waals surface area contributed by atoms with Crippen molar-refractivity contribution in [1.82, 2.24) is 0 Å². The molecule has 0 fully saturated rings. The second-order valence-electron chi connectivity index (χ2n) is 2.25. The van der Waals surface area contributed by atoms with Gasteiger partial charge in [-0.3, -0.25) is 0 Å². The van der Waals surface area contributed by atoms with E-state index in [-0.39, 0.29) is 0 Å². The van der Waals surface area contributed by atoms with Crippen LogP contribution in [0.2, 0.25) is 0 Å². The van der Waals surface area contributed by atoms with Crippen LogP contribution in [-0.2, 0) is 4.79 Å². The highest BCUT2D eigenvalue weighted by atomic mass is 32.1. The van der Waals surface area contributed by atoms with Gasteiger partial charge in [0, 0.05) is 5.69 Å². The highest BCUT2D eigenvalue weighted by Crippen LogP contribution is 2.08. The number of carbonyl (C=O) groups is 1. The highest BCUT2D eigenvalue weighted by molar-refractivity contribution is 7.81. The van der Waals surface area contributed by atoms with Gasteiger partial charge in [-0.2, -0.15) is 0 Å². The Hall–Kier alpha value is -1.16. The van der Waals surface area contributed by atoms with Gasteiger partial charge in [-0.1, -0.05) is 18.2 Å². The predicted octanol–water partition coefficient (Wildman–Crippen LogP) is 1.44. The van der Waals surface area contributed by atoms with Gasteiger partial charge in [-0.05, 0) is 12.1 Å². The summed E-state index contributed by atoms with van der Waals surface area (Å²) < 4.78 is 0. The Labute approximate surface area is 75.8 Å². The van der Waals surface area contributed by atoms with E-state index in [0.717, 1.165) is 5.69 Å². The summed E-state index contributed by atoms with van der Waals surface area (Å²) in [5.74, 6) is -0.984.